The molecule has 19 heavy (non-hydrogen) atoms. The molecule has 0 unspecified atom stereocenters. The number of amides is 1. The minimum Gasteiger partial charge on any atom is -0.350 e. The van der Waals surface area contributed by atoms with Crippen LogP contribution in [0, 0.1) is 0 Å². The molecule has 2 aromatic heterocycles. The summed E-state index contributed by atoms with van der Waals surface area (Å²) in [5.74, 6) is 0.535. The van der Waals surface area contributed by atoms with Crippen LogP contribution in [0.5, 0.6) is 0 Å². The Morgan fingerprint density at radius 2 is 2.21 bits per heavy atom. The summed E-state index contributed by atoms with van der Waals surface area (Å²) in [7, 11) is 0. The summed E-state index contributed by atoms with van der Waals surface area (Å²) in [4.78, 5) is 24.1. The molecule has 0 radical (unpaired) electrons. The van der Waals surface area contributed by atoms with Gasteiger partial charge in [-0.2, -0.15) is 10.3 Å². The quantitative estimate of drug-likeness (QED) is 0.480. The van der Waals surface area contributed by atoms with Crippen LogP contribution in [0.4, 0.5) is 0 Å². The van der Waals surface area contributed by atoms with Crippen molar-refractivity contribution >= 4 is 34.8 Å². The minimum atomic E-state index is -0.154. The maximum absolute atomic E-state index is 11.8. The van der Waals surface area contributed by atoms with Gasteiger partial charge in [0.1, 0.15) is 5.03 Å². The van der Waals surface area contributed by atoms with Crippen molar-refractivity contribution in [2.24, 2.45) is 0 Å². The van der Waals surface area contributed by atoms with E-state index in [0.29, 0.717) is 22.1 Å². The second-order valence-corrected chi connectivity index (χ2v) is 5.83. The first kappa shape index (κ1) is 13.8. The number of hydrogen-bond acceptors (Lipinski definition) is 6. The molecule has 0 aromatic carbocycles. The Morgan fingerprint density at radius 3 is 2.84 bits per heavy atom. The number of carbonyl (C=O) groups excluding carboxylic acids is 2. The molecule has 2 heterocycles. The molecule has 1 amide bonds. The summed E-state index contributed by atoms with van der Waals surface area (Å²) in [6.45, 7) is 2.02. The third-order valence-electron chi connectivity index (χ3n) is 2.21. The molecule has 0 atom stereocenters. The lowest BCUT2D eigenvalue weighted by atomic mass is 10.3. The van der Waals surface area contributed by atoms with Crippen molar-refractivity contribution in [3.63, 3.8) is 0 Å². The lowest BCUT2D eigenvalue weighted by molar-refractivity contribution is 0.0959. The number of nitrogens with one attached hydrogen (secondary N) is 2. The van der Waals surface area contributed by atoms with E-state index < -0.39 is 0 Å². The van der Waals surface area contributed by atoms with Crippen molar-refractivity contribution < 1.29 is 9.59 Å². The number of thiophene rings is 1. The van der Waals surface area contributed by atoms with Crippen molar-refractivity contribution in [1.82, 2.24) is 20.7 Å². The Morgan fingerprint density at radius 1 is 1.42 bits per heavy atom. The van der Waals surface area contributed by atoms with Gasteiger partial charge in [0, 0.05) is 12.3 Å². The zero-order valence-electron chi connectivity index (χ0n) is 10.2. The molecule has 0 aliphatic heterocycles. The molecule has 2 rings (SSSR count). The lowest BCUT2D eigenvalue weighted by Crippen LogP contribution is -2.24. The van der Waals surface area contributed by atoms with Crippen LogP contribution in [0.25, 0.3) is 0 Å². The van der Waals surface area contributed by atoms with E-state index in [9.17, 15) is 9.59 Å². The molecule has 0 fully saturated rings. The highest BCUT2D eigenvalue weighted by Gasteiger charge is 2.10. The summed E-state index contributed by atoms with van der Waals surface area (Å²) < 4.78 is 0. The largest absolute Gasteiger partial charge is 0.350 e. The number of aromatic nitrogens is 3. The first-order valence-corrected chi connectivity index (χ1v) is 7.34. The van der Waals surface area contributed by atoms with E-state index in [1.54, 1.807) is 18.3 Å². The normalized spacial score (nSPS) is 10.4. The number of nitrogens with zero attached hydrogens (tertiary/aromatic N) is 2. The predicted molar refractivity (Wildman–Crippen MR) is 73.8 cm³/mol. The highest BCUT2D eigenvalue weighted by molar-refractivity contribution is 7.99. The van der Waals surface area contributed by atoms with E-state index in [4.69, 9.17) is 0 Å². The second kappa shape index (κ2) is 6.48. The van der Waals surface area contributed by atoms with Crippen LogP contribution in [0.3, 0.4) is 0 Å². The molecule has 0 aliphatic carbocycles. The molecule has 0 aliphatic rings. The fourth-order valence-corrected chi connectivity index (χ4v) is 2.78. The molecule has 2 aromatic rings. The highest BCUT2D eigenvalue weighted by Crippen LogP contribution is 2.17. The monoisotopic (exact) mass is 296 g/mol. The Hall–Kier alpha value is -1.67. The van der Waals surface area contributed by atoms with Crippen molar-refractivity contribution in [2.45, 2.75) is 11.9 Å². The van der Waals surface area contributed by atoms with Gasteiger partial charge in [-0.05, 0) is 19.1 Å². The topological polar surface area (TPSA) is 87.7 Å². The second-order valence-electron chi connectivity index (χ2n) is 3.63. The number of hydrogen-bond donors (Lipinski definition) is 2. The van der Waals surface area contributed by atoms with E-state index in [-0.39, 0.29) is 11.7 Å². The maximum atomic E-state index is 11.8. The van der Waals surface area contributed by atoms with E-state index in [2.05, 4.69) is 20.7 Å². The number of rotatable bonds is 6. The van der Waals surface area contributed by atoms with Crippen LogP contribution in [0.2, 0.25) is 0 Å². The molecular formula is C11H12N4O2S2. The lowest BCUT2D eigenvalue weighted by Gasteiger charge is -2.01. The standard InChI is InChI=1S/C11H12N4O2S2/c1-7(16)8-2-3-9(19-8)11(17)12-4-5-18-10-6-13-15-14-10/h2-3,6H,4-5H2,1H3,(H,12,17)(H,13,14,15). The third kappa shape index (κ3) is 3.90. The SMILES string of the molecule is CC(=O)c1ccc(C(=O)NCCSc2cn[nH]n2)s1. The molecule has 0 saturated heterocycles. The van der Waals surface area contributed by atoms with Gasteiger partial charge in [-0.3, -0.25) is 9.59 Å². The van der Waals surface area contributed by atoms with Gasteiger partial charge in [0.15, 0.2) is 5.78 Å². The molecule has 0 saturated carbocycles. The third-order valence-corrected chi connectivity index (χ3v) is 4.29. The van der Waals surface area contributed by atoms with Gasteiger partial charge in [-0.15, -0.1) is 28.2 Å². The molecule has 0 spiro atoms. The fourth-order valence-electron chi connectivity index (χ4n) is 1.32. The van der Waals surface area contributed by atoms with Gasteiger partial charge >= 0.3 is 0 Å². The van der Waals surface area contributed by atoms with Gasteiger partial charge in [0.2, 0.25) is 0 Å². The fraction of sp³-hybridized carbons (Fsp3) is 0.273. The van der Waals surface area contributed by atoms with Crippen LogP contribution < -0.4 is 5.32 Å². The predicted octanol–water partition coefficient (Wildman–Crippen LogP) is 1.59. The van der Waals surface area contributed by atoms with E-state index in [0.717, 1.165) is 5.03 Å². The summed E-state index contributed by atoms with van der Waals surface area (Å²) >= 11 is 2.71. The summed E-state index contributed by atoms with van der Waals surface area (Å²) in [5, 5.41) is 13.7. The Labute approximate surface area is 118 Å². The zero-order valence-corrected chi connectivity index (χ0v) is 11.8. The number of ketones is 1. The van der Waals surface area contributed by atoms with Gasteiger partial charge in [0.05, 0.1) is 16.0 Å². The van der Waals surface area contributed by atoms with E-state index in [1.165, 1.54) is 30.0 Å². The van der Waals surface area contributed by atoms with E-state index in [1.807, 2.05) is 0 Å². The summed E-state index contributed by atoms with van der Waals surface area (Å²) in [5.41, 5.74) is 0. The number of aromatic amines is 1. The van der Waals surface area contributed by atoms with Crippen LogP contribution in [0.1, 0.15) is 26.3 Å². The smallest absolute Gasteiger partial charge is 0.261 e. The van der Waals surface area contributed by atoms with Crippen LogP contribution in [-0.2, 0) is 0 Å². The molecule has 100 valence electrons. The van der Waals surface area contributed by atoms with Gasteiger partial charge in [-0.25, -0.2) is 0 Å². The number of thioether (sulfide) groups is 1. The van der Waals surface area contributed by atoms with Gasteiger partial charge in [-0.1, -0.05) is 0 Å². The minimum absolute atomic E-state index is 0.0226. The average molecular weight is 296 g/mol. The van der Waals surface area contributed by atoms with E-state index >= 15 is 0 Å². The molecule has 2 N–H and O–H groups in total. The zero-order chi connectivity index (χ0) is 13.7. The summed E-state index contributed by atoms with van der Waals surface area (Å²) in [6.07, 6.45) is 1.63. The van der Waals surface area contributed by atoms with Crippen molar-refractivity contribution in [3.8, 4) is 0 Å². The van der Waals surface area contributed by atoms with Crippen molar-refractivity contribution in [1.29, 1.82) is 0 Å². The summed E-state index contributed by atoms with van der Waals surface area (Å²) in [6, 6.07) is 3.34. The maximum Gasteiger partial charge on any atom is 0.261 e. The number of H-pyrrole nitrogens is 1. The molecule has 8 heteroatoms. The number of carbonyl (C=O) groups is 2. The van der Waals surface area contributed by atoms with Gasteiger partial charge in [0.25, 0.3) is 5.91 Å². The highest BCUT2D eigenvalue weighted by atomic mass is 32.2. The Bertz CT molecular complexity index is 565. The van der Waals surface area contributed by atoms with Crippen molar-refractivity contribution in [2.75, 3.05) is 12.3 Å². The van der Waals surface area contributed by atoms with Crippen LogP contribution >= 0.6 is 23.1 Å². The van der Waals surface area contributed by atoms with Crippen LogP contribution in [0.15, 0.2) is 23.4 Å². The van der Waals surface area contributed by atoms with Crippen molar-refractivity contribution in [3.05, 3.63) is 28.1 Å². The van der Waals surface area contributed by atoms with Gasteiger partial charge < -0.3 is 5.32 Å². The molecular weight excluding hydrogens is 284 g/mol. The average Bonchev–Trinajstić information content (AvgIpc) is 3.05. The Kier molecular flexibility index (Phi) is 4.69. The molecule has 6 nitrogen and oxygen atoms in total. The first-order chi connectivity index (χ1) is 9.16. The first-order valence-electron chi connectivity index (χ1n) is 5.54. The molecule has 0 bridgehead atoms. The van der Waals surface area contributed by atoms with Crippen LogP contribution in [-0.4, -0.2) is 39.4 Å². The number of Topliss-reactive ketones (excluding diaryl/α,β-unsaturated/α-hetero) is 1. The Balaban J connectivity index is 1.76.